The van der Waals surface area contributed by atoms with Gasteiger partial charge in [-0.2, -0.15) is 5.10 Å². The third kappa shape index (κ3) is 4.10. The molecule has 0 aliphatic heterocycles. The van der Waals surface area contributed by atoms with Crippen molar-refractivity contribution in [3.8, 4) is 0 Å². The fourth-order valence-corrected chi connectivity index (χ4v) is 1.89. The Morgan fingerprint density at radius 3 is 2.44 bits per heavy atom. The molecule has 0 saturated carbocycles. The van der Waals surface area contributed by atoms with E-state index in [4.69, 9.17) is 0 Å². The topological polar surface area (TPSA) is 50.1 Å². The van der Waals surface area contributed by atoms with Gasteiger partial charge < -0.3 is 10.4 Å². The minimum atomic E-state index is -0.635. The minimum Gasteiger partial charge on any atom is -0.389 e. The molecule has 0 aliphatic carbocycles. The van der Waals surface area contributed by atoms with Gasteiger partial charge in [-0.1, -0.05) is 27.7 Å². The van der Waals surface area contributed by atoms with Crippen molar-refractivity contribution < 1.29 is 5.11 Å². The van der Waals surface area contributed by atoms with Crippen molar-refractivity contribution in [3.05, 3.63) is 17.5 Å². The van der Waals surface area contributed by atoms with Crippen LogP contribution in [0.25, 0.3) is 0 Å². The van der Waals surface area contributed by atoms with E-state index >= 15 is 0 Å². The Morgan fingerprint density at radius 1 is 1.33 bits per heavy atom. The molecular weight excluding hydrogens is 226 g/mol. The van der Waals surface area contributed by atoms with Gasteiger partial charge in [-0.25, -0.2) is 0 Å². The summed E-state index contributed by atoms with van der Waals surface area (Å²) in [4.78, 5) is 0. The van der Waals surface area contributed by atoms with E-state index in [1.807, 2.05) is 31.8 Å². The molecule has 1 heterocycles. The fraction of sp³-hybridized carbons (Fsp3) is 0.786. The molecule has 0 saturated heterocycles. The average Bonchev–Trinajstić information content (AvgIpc) is 2.59. The van der Waals surface area contributed by atoms with Gasteiger partial charge >= 0.3 is 0 Å². The highest BCUT2D eigenvalue weighted by Gasteiger charge is 2.22. The molecule has 0 amide bonds. The summed E-state index contributed by atoms with van der Waals surface area (Å²) >= 11 is 0. The number of nitrogens with one attached hydrogen (secondary N) is 1. The average molecular weight is 253 g/mol. The van der Waals surface area contributed by atoms with Gasteiger partial charge in [0.2, 0.25) is 0 Å². The number of nitrogens with zero attached hydrogens (tertiary/aromatic N) is 2. The highest BCUT2D eigenvalue weighted by atomic mass is 16.3. The second-order valence-corrected chi connectivity index (χ2v) is 6.38. The maximum Gasteiger partial charge on any atom is 0.0741 e. The van der Waals surface area contributed by atoms with Crippen molar-refractivity contribution >= 4 is 0 Å². The van der Waals surface area contributed by atoms with E-state index in [1.54, 1.807) is 0 Å². The van der Waals surface area contributed by atoms with Gasteiger partial charge in [0, 0.05) is 37.3 Å². The molecule has 1 aromatic heterocycles. The molecule has 18 heavy (non-hydrogen) atoms. The van der Waals surface area contributed by atoms with E-state index < -0.39 is 5.60 Å². The van der Waals surface area contributed by atoms with Gasteiger partial charge in [0.1, 0.15) is 0 Å². The lowest BCUT2D eigenvalue weighted by Gasteiger charge is -2.22. The third-order valence-electron chi connectivity index (χ3n) is 3.20. The van der Waals surface area contributed by atoms with Gasteiger partial charge in [0.25, 0.3) is 0 Å². The van der Waals surface area contributed by atoms with Crippen LogP contribution in [0.2, 0.25) is 0 Å². The first-order valence-corrected chi connectivity index (χ1v) is 6.62. The normalized spacial score (nSPS) is 15.7. The van der Waals surface area contributed by atoms with E-state index in [0.29, 0.717) is 6.54 Å². The second-order valence-electron chi connectivity index (χ2n) is 6.38. The van der Waals surface area contributed by atoms with Crippen LogP contribution < -0.4 is 5.32 Å². The van der Waals surface area contributed by atoms with Gasteiger partial charge in [0.15, 0.2) is 0 Å². The highest BCUT2D eigenvalue weighted by Crippen LogP contribution is 2.24. The summed E-state index contributed by atoms with van der Waals surface area (Å²) in [6.07, 6.45) is 2.80. The Kier molecular flexibility index (Phi) is 4.56. The van der Waals surface area contributed by atoms with Gasteiger partial charge in [0.05, 0.1) is 11.3 Å². The zero-order valence-corrected chi connectivity index (χ0v) is 12.5. The van der Waals surface area contributed by atoms with Crippen molar-refractivity contribution in [1.82, 2.24) is 15.1 Å². The smallest absolute Gasteiger partial charge is 0.0741 e. The SMILES string of the molecule is CCC(C)(O)CNCc1cn(C)nc1C(C)(C)C. The van der Waals surface area contributed by atoms with Gasteiger partial charge in [-0.3, -0.25) is 4.68 Å². The maximum atomic E-state index is 9.95. The predicted octanol–water partition coefficient (Wildman–Crippen LogP) is 1.97. The van der Waals surface area contributed by atoms with Crippen LogP contribution in [0.1, 0.15) is 52.3 Å². The molecule has 0 aromatic carbocycles. The van der Waals surface area contributed by atoms with E-state index in [9.17, 15) is 5.11 Å². The molecule has 0 radical (unpaired) electrons. The fourth-order valence-electron chi connectivity index (χ4n) is 1.89. The number of hydrogen-bond donors (Lipinski definition) is 2. The zero-order chi connectivity index (χ0) is 14.0. The predicted molar refractivity (Wildman–Crippen MR) is 74.5 cm³/mol. The third-order valence-corrected chi connectivity index (χ3v) is 3.20. The van der Waals surface area contributed by atoms with Crippen LogP contribution in [0, 0.1) is 0 Å². The molecule has 0 bridgehead atoms. The molecular formula is C14H27N3O. The number of aryl methyl sites for hydroxylation is 1. The minimum absolute atomic E-state index is 0.0472. The van der Waals surface area contributed by atoms with Crippen molar-refractivity contribution in [2.45, 2.75) is 58.6 Å². The van der Waals surface area contributed by atoms with Crippen molar-refractivity contribution in [2.24, 2.45) is 7.05 Å². The van der Waals surface area contributed by atoms with Crippen molar-refractivity contribution in [2.75, 3.05) is 6.54 Å². The Labute approximate surface area is 110 Å². The Hall–Kier alpha value is -0.870. The summed E-state index contributed by atoms with van der Waals surface area (Å²) in [6.45, 7) is 11.7. The molecule has 1 unspecified atom stereocenters. The first-order chi connectivity index (χ1) is 8.15. The van der Waals surface area contributed by atoms with Crippen LogP contribution in [0.3, 0.4) is 0 Å². The summed E-state index contributed by atoms with van der Waals surface area (Å²) < 4.78 is 1.86. The summed E-state index contributed by atoms with van der Waals surface area (Å²) in [5, 5.41) is 17.8. The van der Waals surface area contributed by atoms with Crippen LogP contribution in [-0.4, -0.2) is 27.0 Å². The number of aromatic nitrogens is 2. The van der Waals surface area contributed by atoms with Crippen LogP contribution >= 0.6 is 0 Å². The Morgan fingerprint density at radius 2 is 1.94 bits per heavy atom. The molecule has 104 valence electrons. The molecule has 1 rings (SSSR count). The molecule has 1 atom stereocenters. The van der Waals surface area contributed by atoms with Crippen LogP contribution in [0.5, 0.6) is 0 Å². The molecule has 4 nitrogen and oxygen atoms in total. The largest absolute Gasteiger partial charge is 0.389 e. The van der Waals surface area contributed by atoms with E-state index in [-0.39, 0.29) is 5.41 Å². The van der Waals surface area contributed by atoms with Crippen LogP contribution in [-0.2, 0) is 19.0 Å². The lowest BCUT2D eigenvalue weighted by Crippen LogP contribution is -2.37. The molecule has 0 aliphatic rings. The van der Waals surface area contributed by atoms with E-state index in [0.717, 1.165) is 18.7 Å². The van der Waals surface area contributed by atoms with Crippen LogP contribution in [0.4, 0.5) is 0 Å². The van der Waals surface area contributed by atoms with Gasteiger partial charge in [-0.15, -0.1) is 0 Å². The highest BCUT2D eigenvalue weighted by molar-refractivity contribution is 5.23. The summed E-state index contributed by atoms with van der Waals surface area (Å²) in [5.74, 6) is 0. The lowest BCUT2D eigenvalue weighted by molar-refractivity contribution is 0.0555. The Balaban J connectivity index is 2.68. The summed E-state index contributed by atoms with van der Waals surface area (Å²) in [6, 6.07) is 0. The summed E-state index contributed by atoms with van der Waals surface area (Å²) in [5.41, 5.74) is 1.74. The van der Waals surface area contributed by atoms with E-state index in [1.165, 1.54) is 5.56 Å². The Bertz CT molecular complexity index is 388. The van der Waals surface area contributed by atoms with E-state index in [2.05, 4.69) is 31.2 Å². The molecule has 0 fully saturated rings. The molecule has 0 spiro atoms. The van der Waals surface area contributed by atoms with Crippen molar-refractivity contribution in [1.29, 1.82) is 0 Å². The first kappa shape index (κ1) is 15.2. The quantitative estimate of drug-likeness (QED) is 0.843. The number of hydrogen-bond acceptors (Lipinski definition) is 3. The molecule has 1 aromatic rings. The van der Waals surface area contributed by atoms with Crippen LogP contribution in [0.15, 0.2) is 6.20 Å². The zero-order valence-electron chi connectivity index (χ0n) is 12.5. The molecule has 2 N–H and O–H groups in total. The number of rotatable bonds is 5. The second kappa shape index (κ2) is 5.41. The number of aliphatic hydroxyl groups is 1. The monoisotopic (exact) mass is 253 g/mol. The van der Waals surface area contributed by atoms with Crippen molar-refractivity contribution in [3.63, 3.8) is 0 Å². The maximum absolute atomic E-state index is 9.95. The lowest BCUT2D eigenvalue weighted by atomic mass is 9.89. The molecule has 4 heteroatoms. The standard InChI is InChI=1S/C14H27N3O/c1-7-14(5,18)10-15-8-11-9-17(6)16-12(11)13(2,3)4/h9,15,18H,7-8,10H2,1-6H3. The first-order valence-electron chi connectivity index (χ1n) is 6.62. The summed E-state index contributed by atoms with van der Waals surface area (Å²) in [7, 11) is 1.95. The van der Waals surface area contributed by atoms with Gasteiger partial charge in [-0.05, 0) is 13.3 Å².